The highest BCUT2D eigenvalue weighted by molar-refractivity contribution is 6.30. The first kappa shape index (κ1) is 12.1. The second-order valence-corrected chi connectivity index (χ2v) is 5.00. The Labute approximate surface area is 107 Å². The topological polar surface area (TPSA) is 12.9 Å². The van der Waals surface area contributed by atoms with Crippen LogP contribution in [-0.2, 0) is 0 Å². The number of nitrogens with zero attached hydrogens (tertiary/aromatic N) is 1. The lowest BCUT2D eigenvalue weighted by Crippen LogP contribution is -2.08. The number of rotatable bonds is 3. The molecule has 1 aromatic heterocycles. The van der Waals surface area contributed by atoms with Crippen molar-refractivity contribution in [2.24, 2.45) is 5.92 Å². The van der Waals surface area contributed by atoms with Crippen LogP contribution in [-0.4, -0.2) is 4.98 Å². The van der Waals surface area contributed by atoms with Crippen molar-refractivity contribution in [2.45, 2.75) is 19.8 Å². The minimum absolute atomic E-state index is 0.376. The van der Waals surface area contributed by atoms with Gasteiger partial charge in [-0.3, -0.25) is 4.98 Å². The van der Waals surface area contributed by atoms with Crippen LogP contribution < -0.4 is 0 Å². The van der Waals surface area contributed by atoms with E-state index in [9.17, 15) is 0 Å². The lowest BCUT2D eigenvalue weighted by molar-refractivity contribution is 0.562. The molecule has 0 fully saturated rings. The molecule has 0 bridgehead atoms. The standard InChI is InChI=1S/C15H16ClN/c1-11(2)15(13-4-3-9-17-10-13)12-5-7-14(16)8-6-12/h3-11,15H,1-2H3. The van der Waals surface area contributed by atoms with Gasteiger partial charge in [0.2, 0.25) is 0 Å². The second kappa shape index (κ2) is 5.33. The molecule has 0 radical (unpaired) electrons. The minimum atomic E-state index is 0.376. The molecule has 0 saturated carbocycles. The van der Waals surface area contributed by atoms with Crippen LogP contribution >= 0.6 is 11.6 Å². The maximum atomic E-state index is 5.93. The minimum Gasteiger partial charge on any atom is -0.264 e. The van der Waals surface area contributed by atoms with Gasteiger partial charge < -0.3 is 0 Å². The van der Waals surface area contributed by atoms with Crippen molar-refractivity contribution in [2.75, 3.05) is 0 Å². The number of hydrogen-bond donors (Lipinski definition) is 0. The Morgan fingerprint density at radius 2 is 1.71 bits per heavy atom. The van der Waals surface area contributed by atoms with Crippen molar-refractivity contribution in [1.29, 1.82) is 0 Å². The summed E-state index contributed by atoms with van der Waals surface area (Å²) in [4.78, 5) is 4.20. The molecule has 0 N–H and O–H groups in total. The molecule has 1 heterocycles. The van der Waals surface area contributed by atoms with Gasteiger partial charge in [0.15, 0.2) is 0 Å². The van der Waals surface area contributed by atoms with Gasteiger partial charge in [0, 0.05) is 23.3 Å². The highest BCUT2D eigenvalue weighted by atomic mass is 35.5. The predicted molar refractivity (Wildman–Crippen MR) is 72.4 cm³/mol. The number of benzene rings is 1. The van der Waals surface area contributed by atoms with Gasteiger partial charge in [-0.1, -0.05) is 43.6 Å². The Balaban J connectivity index is 2.39. The number of pyridine rings is 1. The van der Waals surface area contributed by atoms with Crippen LogP contribution in [0.15, 0.2) is 48.8 Å². The molecule has 88 valence electrons. The van der Waals surface area contributed by atoms with E-state index in [1.807, 2.05) is 30.6 Å². The van der Waals surface area contributed by atoms with E-state index in [0.29, 0.717) is 11.8 Å². The van der Waals surface area contributed by atoms with E-state index in [4.69, 9.17) is 11.6 Å². The molecule has 0 spiro atoms. The molecule has 2 aromatic rings. The zero-order valence-electron chi connectivity index (χ0n) is 10.1. The summed E-state index contributed by atoms with van der Waals surface area (Å²) in [5, 5.41) is 0.780. The third-order valence-electron chi connectivity index (χ3n) is 2.94. The normalized spacial score (nSPS) is 12.7. The lowest BCUT2D eigenvalue weighted by atomic mass is 9.83. The van der Waals surface area contributed by atoms with Crippen molar-refractivity contribution in [3.63, 3.8) is 0 Å². The Bertz CT molecular complexity index is 462. The zero-order valence-corrected chi connectivity index (χ0v) is 10.9. The number of aromatic nitrogens is 1. The van der Waals surface area contributed by atoms with E-state index < -0.39 is 0 Å². The van der Waals surface area contributed by atoms with Crippen molar-refractivity contribution < 1.29 is 0 Å². The van der Waals surface area contributed by atoms with E-state index in [2.05, 4.69) is 37.0 Å². The second-order valence-electron chi connectivity index (χ2n) is 4.56. The summed E-state index contributed by atoms with van der Waals surface area (Å²) in [6.07, 6.45) is 3.75. The molecule has 0 aliphatic carbocycles. The predicted octanol–water partition coefficient (Wildman–Crippen LogP) is 4.52. The summed E-state index contributed by atoms with van der Waals surface area (Å²) in [7, 11) is 0. The van der Waals surface area contributed by atoms with Crippen molar-refractivity contribution in [3.05, 3.63) is 64.9 Å². The van der Waals surface area contributed by atoms with Gasteiger partial charge in [-0.15, -0.1) is 0 Å². The van der Waals surface area contributed by atoms with Crippen molar-refractivity contribution in [3.8, 4) is 0 Å². The van der Waals surface area contributed by atoms with Gasteiger partial charge in [0.1, 0.15) is 0 Å². The van der Waals surface area contributed by atoms with Gasteiger partial charge in [-0.05, 0) is 35.2 Å². The molecule has 2 heteroatoms. The van der Waals surface area contributed by atoms with Gasteiger partial charge >= 0.3 is 0 Å². The van der Waals surface area contributed by atoms with Crippen LogP contribution in [0.3, 0.4) is 0 Å². The van der Waals surface area contributed by atoms with Gasteiger partial charge in [0.05, 0.1) is 0 Å². The molecule has 1 aromatic carbocycles. The maximum Gasteiger partial charge on any atom is 0.0406 e. The van der Waals surface area contributed by atoms with E-state index in [1.165, 1.54) is 11.1 Å². The van der Waals surface area contributed by atoms with Crippen LogP contribution in [0.5, 0.6) is 0 Å². The molecule has 0 amide bonds. The SMILES string of the molecule is CC(C)C(c1ccc(Cl)cc1)c1cccnc1. The van der Waals surface area contributed by atoms with Crippen LogP contribution in [0, 0.1) is 5.92 Å². The van der Waals surface area contributed by atoms with Crippen LogP contribution in [0.2, 0.25) is 5.02 Å². The molecule has 1 unspecified atom stereocenters. The smallest absolute Gasteiger partial charge is 0.0406 e. The first-order valence-electron chi connectivity index (χ1n) is 5.84. The zero-order chi connectivity index (χ0) is 12.3. The van der Waals surface area contributed by atoms with E-state index in [0.717, 1.165) is 5.02 Å². The monoisotopic (exact) mass is 245 g/mol. The summed E-state index contributed by atoms with van der Waals surface area (Å²) in [5.41, 5.74) is 2.54. The van der Waals surface area contributed by atoms with E-state index in [1.54, 1.807) is 0 Å². The molecule has 0 aliphatic heterocycles. The van der Waals surface area contributed by atoms with Crippen molar-refractivity contribution >= 4 is 11.6 Å². The number of halogens is 1. The van der Waals surface area contributed by atoms with E-state index >= 15 is 0 Å². The average Bonchev–Trinajstić information content (AvgIpc) is 2.33. The summed E-state index contributed by atoms with van der Waals surface area (Å²) in [6.45, 7) is 4.46. The number of hydrogen-bond acceptors (Lipinski definition) is 1. The third-order valence-corrected chi connectivity index (χ3v) is 3.19. The summed E-state index contributed by atoms with van der Waals surface area (Å²) >= 11 is 5.93. The van der Waals surface area contributed by atoms with E-state index in [-0.39, 0.29) is 0 Å². The van der Waals surface area contributed by atoms with Crippen LogP contribution in [0.1, 0.15) is 30.9 Å². The van der Waals surface area contributed by atoms with Crippen molar-refractivity contribution in [1.82, 2.24) is 4.98 Å². The Morgan fingerprint density at radius 1 is 1.00 bits per heavy atom. The summed E-state index contributed by atoms with van der Waals surface area (Å²) < 4.78 is 0. The third kappa shape index (κ3) is 2.86. The average molecular weight is 246 g/mol. The quantitative estimate of drug-likeness (QED) is 0.775. The van der Waals surface area contributed by atoms with Crippen LogP contribution in [0.4, 0.5) is 0 Å². The van der Waals surface area contributed by atoms with Crippen LogP contribution in [0.25, 0.3) is 0 Å². The molecule has 0 aliphatic rings. The first-order chi connectivity index (χ1) is 8.18. The first-order valence-corrected chi connectivity index (χ1v) is 6.21. The molecular formula is C15H16ClN. The fourth-order valence-electron chi connectivity index (χ4n) is 2.19. The summed E-state index contributed by atoms with van der Waals surface area (Å²) in [5.74, 6) is 0.904. The fourth-order valence-corrected chi connectivity index (χ4v) is 2.32. The highest BCUT2D eigenvalue weighted by Crippen LogP contribution is 2.31. The lowest BCUT2D eigenvalue weighted by Gasteiger charge is -2.21. The fraction of sp³-hybridized carbons (Fsp3) is 0.267. The van der Waals surface area contributed by atoms with Gasteiger partial charge in [-0.25, -0.2) is 0 Å². The largest absolute Gasteiger partial charge is 0.264 e. The Hall–Kier alpha value is -1.34. The molecular weight excluding hydrogens is 230 g/mol. The van der Waals surface area contributed by atoms with Gasteiger partial charge in [0.25, 0.3) is 0 Å². The summed E-state index contributed by atoms with van der Waals surface area (Å²) in [6, 6.07) is 12.2. The molecule has 17 heavy (non-hydrogen) atoms. The molecule has 1 atom stereocenters. The maximum absolute atomic E-state index is 5.93. The van der Waals surface area contributed by atoms with Gasteiger partial charge in [-0.2, -0.15) is 0 Å². The molecule has 0 saturated heterocycles. The molecule has 1 nitrogen and oxygen atoms in total. The highest BCUT2D eigenvalue weighted by Gasteiger charge is 2.17. The molecule has 2 rings (SSSR count). The Kier molecular flexibility index (Phi) is 3.80. The Morgan fingerprint density at radius 3 is 2.24 bits per heavy atom.